The first-order chi connectivity index (χ1) is 9.99. The van der Waals surface area contributed by atoms with Crippen molar-refractivity contribution < 1.29 is 0 Å². The Kier molecular flexibility index (Phi) is 6.55. The van der Waals surface area contributed by atoms with Crippen LogP contribution in [0, 0.1) is 17.3 Å². The van der Waals surface area contributed by atoms with Gasteiger partial charge in [-0.25, -0.2) is 0 Å². The third-order valence-electron chi connectivity index (χ3n) is 5.89. The molecule has 0 aromatic heterocycles. The van der Waals surface area contributed by atoms with Crippen molar-refractivity contribution >= 4 is 0 Å². The predicted molar refractivity (Wildman–Crippen MR) is 92.7 cm³/mol. The van der Waals surface area contributed by atoms with Crippen LogP contribution in [0.4, 0.5) is 0 Å². The van der Waals surface area contributed by atoms with Gasteiger partial charge in [-0.3, -0.25) is 0 Å². The minimum absolute atomic E-state index is 0.518. The Bertz CT molecular complexity index is 278. The largest absolute Gasteiger partial charge is 0.314 e. The molecule has 1 aliphatic carbocycles. The second-order valence-electron chi connectivity index (χ2n) is 8.61. The van der Waals surface area contributed by atoms with Crippen LogP contribution in [0.2, 0.25) is 0 Å². The number of nitrogens with one attached hydrogen (secondary N) is 1. The van der Waals surface area contributed by atoms with Crippen molar-refractivity contribution in [2.24, 2.45) is 17.3 Å². The molecule has 124 valence electrons. The molecule has 1 aliphatic heterocycles. The van der Waals surface area contributed by atoms with Gasteiger partial charge in [0.05, 0.1) is 0 Å². The quantitative estimate of drug-likeness (QED) is 0.813. The molecule has 2 fully saturated rings. The Labute approximate surface area is 133 Å². The van der Waals surface area contributed by atoms with Crippen LogP contribution in [0.3, 0.4) is 0 Å². The van der Waals surface area contributed by atoms with E-state index in [9.17, 15) is 0 Å². The fourth-order valence-corrected chi connectivity index (χ4v) is 4.24. The van der Waals surface area contributed by atoms with Crippen LogP contribution in [-0.4, -0.2) is 37.1 Å². The van der Waals surface area contributed by atoms with Gasteiger partial charge in [-0.15, -0.1) is 0 Å². The lowest BCUT2D eigenvalue weighted by atomic mass is 9.70. The summed E-state index contributed by atoms with van der Waals surface area (Å²) < 4.78 is 0. The van der Waals surface area contributed by atoms with Gasteiger partial charge in [0.25, 0.3) is 0 Å². The molecule has 0 atom stereocenters. The molecule has 2 heteroatoms. The lowest BCUT2D eigenvalue weighted by Crippen LogP contribution is -2.44. The zero-order valence-electron chi connectivity index (χ0n) is 15.0. The smallest absolute Gasteiger partial charge is 0.00915 e. The monoisotopic (exact) mass is 294 g/mol. The highest BCUT2D eigenvalue weighted by Gasteiger charge is 2.29. The standard InChI is InChI=1S/C19H38N2/c1-5-12-21-13-10-18(11-14-21)20-15-16-6-8-17(9-7-16)19(2,3)4/h16-18,20H,5-15H2,1-4H3. The minimum Gasteiger partial charge on any atom is -0.314 e. The van der Waals surface area contributed by atoms with Crippen LogP contribution in [0.15, 0.2) is 0 Å². The summed E-state index contributed by atoms with van der Waals surface area (Å²) in [5, 5.41) is 3.88. The SMILES string of the molecule is CCCN1CCC(NCC2CCC(C(C)(C)C)CC2)CC1. The molecular formula is C19H38N2. The Hall–Kier alpha value is -0.0800. The molecule has 1 saturated carbocycles. The van der Waals surface area contributed by atoms with Gasteiger partial charge >= 0.3 is 0 Å². The molecule has 1 heterocycles. The molecule has 0 unspecified atom stereocenters. The summed E-state index contributed by atoms with van der Waals surface area (Å²) in [5.74, 6) is 1.89. The van der Waals surface area contributed by atoms with E-state index < -0.39 is 0 Å². The van der Waals surface area contributed by atoms with Crippen LogP contribution >= 0.6 is 0 Å². The minimum atomic E-state index is 0.518. The van der Waals surface area contributed by atoms with E-state index >= 15 is 0 Å². The first-order valence-corrected chi connectivity index (χ1v) is 9.44. The maximum atomic E-state index is 3.88. The van der Waals surface area contributed by atoms with E-state index in [-0.39, 0.29) is 0 Å². The third-order valence-corrected chi connectivity index (χ3v) is 5.89. The summed E-state index contributed by atoms with van der Waals surface area (Å²) >= 11 is 0. The zero-order valence-corrected chi connectivity index (χ0v) is 15.0. The Morgan fingerprint density at radius 3 is 2.10 bits per heavy atom. The van der Waals surface area contributed by atoms with E-state index in [2.05, 4.69) is 37.9 Å². The average Bonchev–Trinajstić information content (AvgIpc) is 2.46. The van der Waals surface area contributed by atoms with Crippen LogP contribution in [0.5, 0.6) is 0 Å². The molecule has 0 spiro atoms. The van der Waals surface area contributed by atoms with E-state index in [4.69, 9.17) is 0 Å². The summed E-state index contributed by atoms with van der Waals surface area (Å²) in [5.41, 5.74) is 0.518. The third kappa shape index (κ3) is 5.56. The summed E-state index contributed by atoms with van der Waals surface area (Å²) in [7, 11) is 0. The van der Waals surface area contributed by atoms with Gasteiger partial charge in [-0.2, -0.15) is 0 Å². The van der Waals surface area contributed by atoms with Crippen LogP contribution in [-0.2, 0) is 0 Å². The molecule has 1 N–H and O–H groups in total. The van der Waals surface area contributed by atoms with Crippen molar-refractivity contribution in [3.63, 3.8) is 0 Å². The zero-order chi connectivity index (χ0) is 15.3. The molecule has 0 aromatic rings. The number of nitrogens with zero attached hydrogens (tertiary/aromatic N) is 1. The second-order valence-corrected chi connectivity index (χ2v) is 8.61. The molecule has 2 rings (SSSR count). The van der Waals surface area contributed by atoms with Gasteiger partial charge in [-0.05, 0) is 88.4 Å². The average molecular weight is 295 g/mol. The highest BCUT2D eigenvalue weighted by atomic mass is 15.1. The molecule has 0 aromatic carbocycles. The number of likely N-dealkylation sites (tertiary alicyclic amines) is 1. The number of hydrogen-bond donors (Lipinski definition) is 1. The van der Waals surface area contributed by atoms with Gasteiger partial charge < -0.3 is 10.2 Å². The Morgan fingerprint density at radius 2 is 1.57 bits per heavy atom. The van der Waals surface area contributed by atoms with Gasteiger partial charge in [0.15, 0.2) is 0 Å². The normalized spacial score (nSPS) is 29.7. The maximum Gasteiger partial charge on any atom is 0.00915 e. The summed E-state index contributed by atoms with van der Waals surface area (Å²) in [4.78, 5) is 2.63. The number of rotatable bonds is 5. The van der Waals surface area contributed by atoms with Gasteiger partial charge in [0.1, 0.15) is 0 Å². The molecule has 0 amide bonds. The van der Waals surface area contributed by atoms with E-state index in [1.54, 1.807) is 0 Å². The van der Waals surface area contributed by atoms with E-state index in [1.165, 1.54) is 71.1 Å². The first kappa shape index (κ1) is 17.3. The second kappa shape index (κ2) is 7.97. The van der Waals surface area contributed by atoms with Crippen LogP contribution in [0.1, 0.15) is 72.6 Å². The van der Waals surface area contributed by atoms with Crippen molar-refractivity contribution in [1.82, 2.24) is 10.2 Å². The van der Waals surface area contributed by atoms with E-state index in [0.29, 0.717) is 5.41 Å². The van der Waals surface area contributed by atoms with Crippen molar-refractivity contribution in [3.05, 3.63) is 0 Å². The van der Waals surface area contributed by atoms with Gasteiger partial charge in [0.2, 0.25) is 0 Å². The first-order valence-electron chi connectivity index (χ1n) is 9.44. The van der Waals surface area contributed by atoms with Gasteiger partial charge in [0, 0.05) is 6.04 Å². The number of piperidine rings is 1. The summed E-state index contributed by atoms with van der Waals surface area (Å²) in [6.45, 7) is 14.7. The van der Waals surface area contributed by atoms with Crippen LogP contribution < -0.4 is 5.32 Å². The highest BCUT2D eigenvalue weighted by Crippen LogP contribution is 2.39. The summed E-state index contributed by atoms with van der Waals surface area (Å²) in [6.07, 6.45) is 9.81. The van der Waals surface area contributed by atoms with Crippen molar-refractivity contribution in [3.8, 4) is 0 Å². The molecule has 0 bridgehead atoms. The Balaban J connectivity index is 1.60. The number of hydrogen-bond acceptors (Lipinski definition) is 2. The lowest BCUT2D eigenvalue weighted by molar-refractivity contribution is 0.142. The highest BCUT2D eigenvalue weighted by molar-refractivity contribution is 4.83. The van der Waals surface area contributed by atoms with Crippen molar-refractivity contribution in [1.29, 1.82) is 0 Å². The van der Waals surface area contributed by atoms with E-state index in [0.717, 1.165) is 17.9 Å². The van der Waals surface area contributed by atoms with Crippen molar-refractivity contribution in [2.45, 2.75) is 78.7 Å². The lowest BCUT2D eigenvalue weighted by Gasteiger charge is -2.38. The topological polar surface area (TPSA) is 15.3 Å². The van der Waals surface area contributed by atoms with E-state index in [1.807, 2.05) is 0 Å². The fourth-order valence-electron chi connectivity index (χ4n) is 4.24. The van der Waals surface area contributed by atoms with Crippen molar-refractivity contribution in [2.75, 3.05) is 26.2 Å². The predicted octanol–water partition coefficient (Wildman–Crippen LogP) is 4.30. The molecule has 2 aliphatic rings. The summed E-state index contributed by atoms with van der Waals surface area (Å²) in [6, 6.07) is 0.790. The molecule has 0 radical (unpaired) electrons. The molecule has 21 heavy (non-hydrogen) atoms. The molecule has 1 saturated heterocycles. The Morgan fingerprint density at radius 1 is 0.952 bits per heavy atom. The molecular weight excluding hydrogens is 256 g/mol. The fraction of sp³-hybridized carbons (Fsp3) is 1.00. The van der Waals surface area contributed by atoms with Gasteiger partial charge in [-0.1, -0.05) is 27.7 Å². The van der Waals surface area contributed by atoms with Crippen LogP contribution in [0.25, 0.3) is 0 Å². The molecule has 2 nitrogen and oxygen atoms in total. The maximum absolute atomic E-state index is 3.88.